The summed E-state index contributed by atoms with van der Waals surface area (Å²) in [6, 6.07) is 15.9. The molecule has 0 saturated carbocycles. The molecule has 0 unspecified atom stereocenters. The van der Waals surface area contributed by atoms with Crippen molar-refractivity contribution in [2.45, 2.75) is 0 Å². The van der Waals surface area contributed by atoms with E-state index >= 15 is 0 Å². The van der Waals surface area contributed by atoms with Gasteiger partial charge < -0.3 is 4.74 Å². The lowest BCUT2D eigenvalue weighted by molar-refractivity contribution is 0.509. The number of nitriles is 2. The predicted octanol–water partition coefficient (Wildman–Crippen LogP) is 4.19. The van der Waals surface area contributed by atoms with Crippen molar-refractivity contribution in [1.82, 2.24) is 0 Å². The van der Waals surface area contributed by atoms with Crippen molar-refractivity contribution >= 4 is 29.0 Å². The number of hydrogen-bond donors (Lipinski definition) is 0. The summed E-state index contributed by atoms with van der Waals surface area (Å²) in [5.41, 5.74) is -0.325. The van der Waals surface area contributed by atoms with Gasteiger partial charge in [-0.1, -0.05) is 53.5 Å². The fourth-order valence-corrected chi connectivity index (χ4v) is 2.23. The lowest BCUT2D eigenvalue weighted by Crippen LogP contribution is -2.06. The highest BCUT2D eigenvalue weighted by Gasteiger charge is 2.16. The minimum absolute atomic E-state index is 0.0198. The van der Waals surface area contributed by atoms with Crippen LogP contribution in [0.4, 0.5) is 0 Å². The van der Waals surface area contributed by atoms with E-state index < -0.39 is 5.43 Å². The predicted molar refractivity (Wildman–Crippen MR) is 87.9 cm³/mol. The van der Waals surface area contributed by atoms with Crippen molar-refractivity contribution < 1.29 is 4.74 Å². The topological polar surface area (TPSA) is 73.9 Å². The average molecular weight is 343 g/mol. The van der Waals surface area contributed by atoms with Gasteiger partial charge in [0, 0.05) is 10.6 Å². The molecule has 0 aliphatic rings. The van der Waals surface area contributed by atoms with Crippen molar-refractivity contribution in [2.24, 2.45) is 0 Å². The molecule has 0 N–H and O–H groups in total. The molecule has 4 nitrogen and oxygen atoms in total. The molecular formula is C17H8Cl2N2O2. The third-order valence-electron chi connectivity index (χ3n) is 2.79. The Bertz CT molecular complexity index is 894. The van der Waals surface area contributed by atoms with Crippen LogP contribution in [0.3, 0.4) is 0 Å². The van der Waals surface area contributed by atoms with Crippen LogP contribution in [0.2, 0.25) is 10.0 Å². The molecule has 6 heteroatoms. The van der Waals surface area contributed by atoms with E-state index in [2.05, 4.69) is 0 Å². The monoisotopic (exact) mass is 342 g/mol. The van der Waals surface area contributed by atoms with Gasteiger partial charge >= 0.3 is 0 Å². The third-order valence-corrected chi connectivity index (χ3v) is 3.31. The Balaban J connectivity index is 2.66. The molecule has 0 radical (unpaired) electrons. The first kappa shape index (κ1) is 16.6. The van der Waals surface area contributed by atoms with Crippen molar-refractivity contribution in [3.05, 3.63) is 79.9 Å². The second-order valence-corrected chi connectivity index (χ2v) is 5.14. The van der Waals surface area contributed by atoms with E-state index in [1.54, 1.807) is 42.5 Å². The van der Waals surface area contributed by atoms with E-state index in [9.17, 15) is 4.79 Å². The van der Waals surface area contributed by atoms with Crippen LogP contribution in [-0.2, 0) is 0 Å². The van der Waals surface area contributed by atoms with Crippen LogP contribution in [0.15, 0.2) is 58.9 Å². The highest BCUT2D eigenvalue weighted by atomic mass is 35.5. The van der Waals surface area contributed by atoms with Crippen molar-refractivity contribution in [2.75, 3.05) is 0 Å². The van der Waals surface area contributed by atoms with Crippen LogP contribution in [0.5, 0.6) is 5.75 Å². The molecule has 23 heavy (non-hydrogen) atoms. The largest absolute Gasteiger partial charge is 0.449 e. The number of ether oxygens (including phenoxy) is 1. The molecule has 2 rings (SSSR count). The van der Waals surface area contributed by atoms with E-state index in [1.807, 2.05) is 0 Å². The molecule has 0 aliphatic heterocycles. The lowest BCUT2D eigenvalue weighted by Gasteiger charge is -2.10. The summed E-state index contributed by atoms with van der Waals surface area (Å²) in [7, 11) is 0. The fourth-order valence-electron chi connectivity index (χ4n) is 1.75. The Labute approximate surface area is 142 Å². The van der Waals surface area contributed by atoms with Crippen LogP contribution in [0.1, 0.15) is 5.56 Å². The molecule has 0 spiro atoms. The second-order valence-electron chi connectivity index (χ2n) is 4.30. The maximum Gasteiger partial charge on any atom is 0.222 e. The molecule has 0 fully saturated rings. The Morgan fingerprint density at radius 1 is 1.00 bits per heavy atom. The Kier molecular flexibility index (Phi) is 5.38. The first-order valence-electron chi connectivity index (χ1n) is 6.34. The quantitative estimate of drug-likeness (QED) is 0.619. The van der Waals surface area contributed by atoms with Crippen molar-refractivity contribution in [1.29, 1.82) is 10.5 Å². The molecule has 2 aromatic carbocycles. The smallest absolute Gasteiger partial charge is 0.222 e. The van der Waals surface area contributed by atoms with Crippen LogP contribution in [0, 0.1) is 22.7 Å². The number of hydrogen-bond acceptors (Lipinski definition) is 4. The summed E-state index contributed by atoms with van der Waals surface area (Å²) in [5, 5.41) is 18.5. The maximum atomic E-state index is 12.1. The maximum absolute atomic E-state index is 12.1. The van der Waals surface area contributed by atoms with Gasteiger partial charge in [0.1, 0.15) is 12.1 Å². The Morgan fingerprint density at radius 2 is 1.65 bits per heavy atom. The summed E-state index contributed by atoms with van der Waals surface area (Å²) >= 11 is 11.9. The number of halogens is 2. The lowest BCUT2D eigenvalue weighted by atomic mass is 10.1. The molecule has 0 aliphatic carbocycles. The molecule has 0 amide bonds. The van der Waals surface area contributed by atoms with E-state index in [0.717, 1.165) is 0 Å². The summed E-state index contributed by atoms with van der Waals surface area (Å²) in [5.74, 6) is -0.252. The van der Waals surface area contributed by atoms with E-state index in [0.29, 0.717) is 5.56 Å². The molecular weight excluding hydrogens is 335 g/mol. The molecule has 0 bridgehead atoms. The normalized spacial score (nSPS) is 9.39. The number of allylic oxidation sites excluding steroid dienone is 1. The van der Waals surface area contributed by atoms with Gasteiger partial charge in [-0.3, -0.25) is 4.79 Å². The highest BCUT2D eigenvalue weighted by Crippen LogP contribution is 2.28. The first-order chi connectivity index (χ1) is 11.1. The Hall–Kier alpha value is -2.79. The van der Waals surface area contributed by atoms with Gasteiger partial charge in [0.2, 0.25) is 5.43 Å². The zero-order chi connectivity index (χ0) is 16.8. The zero-order valence-corrected chi connectivity index (χ0v) is 13.1. The molecule has 0 saturated heterocycles. The van der Waals surface area contributed by atoms with Crippen molar-refractivity contribution in [3.63, 3.8) is 0 Å². The summed E-state index contributed by atoms with van der Waals surface area (Å²) in [6.45, 7) is 0. The molecule has 0 heterocycles. The Morgan fingerprint density at radius 3 is 2.26 bits per heavy atom. The van der Waals surface area contributed by atoms with E-state index in [4.69, 9.17) is 38.5 Å². The van der Waals surface area contributed by atoms with E-state index in [-0.39, 0.29) is 27.1 Å². The summed E-state index contributed by atoms with van der Waals surface area (Å²) < 4.78 is 5.55. The average Bonchev–Trinajstić information content (AvgIpc) is 2.68. The van der Waals surface area contributed by atoms with Gasteiger partial charge in [0.15, 0.2) is 17.1 Å². The zero-order valence-electron chi connectivity index (χ0n) is 11.6. The number of nitrogens with zero attached hydrogens (tertiary/aromatic N) is 2. The fraction of sp³-hybridized carbons (Fsp3) is 0. The highest BCUT2D eigenvalue weighted by molar-refractivity contribution is 6.35. The van der Waals surface area contributed by atoms with Gasteiger partial charge in [0.05, 0.1) is 5.02 Å². The first-order valence-corrected chi connectivity index (χ1v) is 7.09. The standard InChI is InChI=1S/C17H8Cl2N2O2/c18-13-6-7-15(22)17(14(19)8-13)23-16(12(9-20)10-21)11-4-2-1-3-5-11/h1-8H. The number of rotatable bonds is 3. The van der Waals surface area contributed by atoms with Crippen LogP contribution >= 0.6 is 23.2 Å². The van der Waals surface area contributed by atoms with Gasteiger partial charge in [-0.05, 0) is 18.2 Å². The summed E-state index contributed by atoms with van der Waals surface area (Å²) in [4.78, 5) is 12.1. The number of benzene rings is 1. The van der Waals surface area contributed by atoms with Crippen molar-refractivity contribution in [3.8, 4) is 17.9 Å². The SMILES string of the molecule is N#CC(C#N)=C(Oc1c(Cl)cc(Cl)ccc1=O)c1ccccc1. The molecule has 0 aromatic heterocycles. The van der Waals surface area contributed by atoms with Crippen LogP contribution in [-0.4, -0.2) is 0 Å². The van der Waals surface area contributed by atoms with Crippen LogP contribution < -0.4 is 10.2 Å². The van der Waals surface area contributed by atoms with Gasteiger partial charge in [-0.25, -0.2) is 0 Å². The van der Waals surface area contributed by atoms with Gasteiger partial charge in [-0.2, -0.15) is 10.5 Å². The third kappa shape index (κ3) is 3.90. The minimum atomic E-state index is -0.523. The van der Waals surface area contributed by atoms with Gasteiger partial charge in [-0.15, -0.1) is 0 Å². The molecule has 0 atom stereocenters. The molecule has 2 aromatic rings. The second kappa shape index (κ2) is 7.47. The van der Waals surface area contributed by atoms with Gasteiger partial charge in [0.25, 0.3) is 0 Å². The minimum Gasteiger partial charge on any atom is -0.449 e. The van der Waals surface area contributed by atoms with E-state index in [1.165, 1.54) is 18.2 Å². The van der Waals surface area contributed by atoms with Crippen LogP contribution in [0.25, 0.3) is 5.76 Å². The summed E-state index contributed by atoms with van der Waals surface area (Å²) in [6.07, 6.45) is 0. The molecule has 112 valence electrons.